The highest BCUT2D eigenvalue weighted by Gasteiger charge is 1.86. The number of carbonyl (C=O) groups excluding carboxylic acids is 1. The zero-order valence-electron chi connectivity index (χ0n) is 5.37. The minimum atomic E-state index is -4.19. The quantitative estimate of drug-likeness (QED) is 0.336. The molecule has 0 aliphatic carbocycles. The molecule has 0 aromatic carbocycles. The van der Waals surface area contributed by atoms with E-state index in [0.717, 1.165) is 0 Å². The fourth-order valence-corrected chi connectivity index (χ4v) is 0. The maximum absolute atomic E-state index is 9.59. The van der Waals surface area contributed by atoms with Gasteiger partial charge < -0.3 is 4.74 Å². The van der Waals surface area contributed by atoms with Gasteiger partial charge in [0.1, 0.15) is 0 Å². The second-order valence-corrected chi connectivity index (χ2v) is 3.10. The molecule has 0 bridgehead atoms. The van der Waals surface area contributed by atoms with Crippen molar-refractivity contribution in [3.8, 4) is 0 Å². The first-order chi connectivity index (χ1) is 4.27. The molecule has 7 heteroatoms. The van der Waals surface area contributed by atoms with Crippen LogP contribution in [-0.4, -0.2) is 26.0 Å². The molecule has 0 aromatic rings. The van der Waals surface area contributed by atoms with Crippen LogP contribution in [0.3, 0.4) is 0 Å². The van der Waals surface area contributed by atoms with E-state index in [1.165, 1.54) is 14.0 Å². The van der Waals surface area contributed by atoms with E-state index in [1.807, 2.05) is 0 Å². The minimum Gasteiger partial charge on any atom is -0.469 e. The van der Waals surface area contributed by atoms with E-state index in [2.05, 4.69) is 15.4 Å². The maximum atomic E-state index is 9.59. The number of carbonyl (C=O) groups is 1. The van der Waals surface area contributed by atoms with E-state index < -0.39 is 9.33 Å². The van der Waals surface area contributed by atoms with Gasteiger partial charge in [-0.05, 0) is 0 Å². The molecule has 0 fully saturated rings. The Morgan fingerprint density at radius 3 is 1.70 bits per heavy atom. The summed E-state index contributed by atoms with van der Waals surface area (Å²) in [6.07, 6.45) is 0. The van der Waals surface area contributed by atoms with Crippen molar-refractivity contribution in [3.63, 3.8) is 0 Å². The van der Waals surface area contributed by atoms with Gasteiger partial charge in [-0.2, -0.15) is 8.42 Å². The average Bonchev–Trinajstić information content (AvgIpc) is 1.61. The van der Waals surface area contributed by atoms with Crippen molar-refractivity contribution >= 4 is 26.0 Å². The van der Waals surface area contributed by atoms with E-state index in [-0.39, 0.29) is 5.97 Å². The summed E-state index contributed by atoms with van der Waals surface area (Å²) in [6.45, 7) is 1.36. The first-order valence-electron chi connectivity index (χ1n) is 1.99. The summed E-state index contributed by atoms with van der Waals surface area (Å²) in [5.41, 5.74) is 0. The molecule has 0 amide bonds. The van der Waals surface area contributed by atoms with Crippen LogP contribution < -0.4 is 0 Å². The standard InChI is InChI=1S/C3H6O2.ClHO3S/c1-3(4)5-2;1-5(2,3)4/h1-2H3;(H,2,3,4). The van der Waals surface area contributed by atoms with Crippen LogP contribution in [0.2, 0.25) is 0 Å². The lowest BCUT2D eigenvalue weighted by Crippen LogP contribution is -1.88. The Morgan fingerprint density at radius 2 is 1.70 bits per heavy atom. The topological polar surface area (TPSA) is 80.7 Å². The summed E-state index contributed by atoms with van der Waals surface area (Å²) in [5.74, 6) is -0.245. The molecular weight excluding hydrogens is 184 g/mol. The summed E-state index contributed by atoms with van der Waals surface area (Å²) in [4.78, 5) is 9.59. The number of hydrogen-bond acceptors (Lipinski definition) is 4. The molecular formula is C3H7ClO5S. The molecule has 0 heterocycles. The third-order valence-corrected chi connectivity index (χ3v) is 0.287. The third kappa shape index (κ3) is 122. The summed E-state index contributed by atoms with van der Waals surface area (Å²) in [7, 11) is 1.21. The lowest BCUT2D eigenvalue weighted by Gasteiger charge is -1.80. The smallest absolute Gasteiger partial charge is 0.353 e. The molecule has 0 atom stereocenters. The van der Waals surface area contributed by atoms with Gasteiger partial charge in [-0.25, -0.2) is 0 Å². The number of hydrogen-bond donors (Lipinski definition) is 1. The van der Waals surface area contributed by atoms with Gasteiger partial charge in [0, 0.05) is 17.6 Å². The Kier molecular flexibility index (Phi) is 6.74. The molecule has 1 N–H and O–H groups in total. The number of ether oxygens (including phenoxy) is 1. The third-order valence-electron chi connectivity index (χ3n) is 0.287. The molecule has 0 aromatic heterocycles. The number of halogens is 1. The Balaban J connectivity index is 0. The van der Waals surface area contributed by atoms with Crippen molar-refractivity contribution in [2.45, 2.75) is 6.92 Å². The molecule has 0 unspecified atom stereocenters. The Hall–Kier alpha value is -0.330. The van der Waals surface area contributed by atoms with Crippen LogP contribution in [0, 0.1) is 0 Å². The van der Waals surface area contributed by atoms with E-state index >= 15 is 0 Å². The van der Waals surface area contributed by atoms with Gasteiger partial charge in [-0.1, -0.05) is 0 Å². The monoisotopic (exact) mass is 190 g/mol. The fourth-order valence-electron chi connectivity index (χ4n) is 0. The van der Waals surface area contributed by atoms with Gasteiger partial charge in [0.25, 0.3) is 0 Å². The highest BCUT2D eigenvalue weighted by atomic mass is 35.7. The average molecular weight is 191 g/mol. The van der Waals surface area contributed by atoms with Gasteiger partial charge in [0.15, 0.2) is 0 Å². The summed E-state index contributed by atoms with van der Waals surface area (Å²) in [6, 6.07) is 0. The highest BCUT2D eigenvalue weighted by molar-refractivity contribution is 8.09. The number of rotatable bonds is 0. The molecule has 0 rings (SSSR count). The predicted octanol–water partition coefficient (Wildman–Crippen LogP) is 0.207. The van der Waals surface area contributed by atoms with Crippen molar-refractivity contribution < 1.29 is 22.5 Å². The van der Waals surface area contributed by atoms with Crippen LogP contribution in [0.15, 0.2) is 0 Å². The number of methoxy groups -OCH3 is 1. The molecule has 0 saturated carbocycles. The van der Waals surface area contributed by atoms with Gasteiger partial charge >= 0.3 is 15.3 Å². The van der Waals surface area contributed by atoms with Gasteiger partial charge in [0.2, 0.25) is 0 Å². The Morgan fingerprint density at radius 1 is 1.60 bits per heavy atom. The maximum Gasteiger partial charge on any atom is 0.353 e. The van der Waals surface area contributed by atoms with Crippen molar-refractivity contribution in [1.29, 1.82) is 0 Å². The second kappa shape index (κ2) is 5.45. The van der Waals surface area contributed by atoms with Crippen molar-refractivity contribution in [3.05, 3.63) is 0 Å². The van der Waals surface area contributed by atoms with E-state index in [1.54, 1.807) is 0 Å². The van der Waals surface area contributed by atoms with Crippen LogP contribution in [0.1, 0.15) is 6.92 Å². The van der Waals surface area contributed by atoms with Crippen molar-refractivity contribution in [1.82, 2.24) is 0 Å². The van der Waals surface area contributed by atoms with Crippen LogP contribution in [0.5, 0.6) is 0 Å². The minimum absolute atomic E-state index is 0.245. The lowest BCUT2D eigenvalue weighted by atomic mass is 10.8. The van der Waals surface area contributed by atoms with Crippen molar-refractivity contribution in [2.24, 2.45) is 0 Å². The van der Waals surface area contributed by atoms with Gasteiger partial charge in [-0.15, -0.1) is 0 Å². The Bertz CT molecular complexity index is 175. The van der Waals surface area contributed by atoms with Crippen LogP contribution >= 0.6 is 10.7 Å². The van der Waals surface area contributed by atoms with Crippen LogP contribution in [0.25, 0.3) is 0 Å². The molecule has 62 valence electrons. The first-order valence-corrected chi connectivity index (χ1v) is 4.25. The highest BCUT2D eigenvalue weighted by Crippen LogP contribution is 1.82. The zero-order chi connectivity index (χ0) is 8.78. The molecule has 0 aliphatic rings. The SMILES string of the molecule is COC(C)=O.O=S(=O)(O)Cl. The normalized spacial score (nSPS) is 9.20. The van der Waals surface area contributed by atoms with Gasteiger partial charge in [0.05, 0.1) is 7.11 Å². The molecule has 0 aliphatic heterocycles. The summed E-state index contributed by atoms with van der Waals surface area (Å²) < 4.78 is 29.3. The summed E-state index contributed by atoms with van der Waals surface area (Å²) in [5, 5.41) is 0. The van der Waals surface area contributed by atoms with E-state index in [9.17, 15) is 4.79 Å². The molecule has 0 spiro atoms. The molecule has 5 nitrogen and oxygen atoms in total. The summed E-state index contributed by atoms with van der Waals surface area (Å²) >= 11 is 0. The largest absolute Gasteiger partial charge is 0.469 e. The zero-order valence-corrected chi connectivity index (χ0v) is 6.94. The Labute approximate surface area is 63.2 Å². The van der Waals surface area contributed by atoms with Crippen molar-refractivity contribution in [2.75, 3.05) is 7.11 Å². The second-order valence-electron chi connectivity index (χ2n) is 1.11. The molecule has 0 radical (unpaired) electrons. The van der Waals surface area contributed by atoms with E-state index in [0.29, 0.717) is 0 Å². The fraction of sp³-hybridized carbons (Fsp3) is 0.667. The van der Waals surface area contributed by atoms with Crippen LogP contribution in [-0.2, 0) is 18.9 Å². The molecule has 10 heavy (non-hydrogen) atoms. The first kappa shape index (κ1) is 12.4. The lowest BCUT2D eigenvalue weighted by molar-refractivity contribution is -0.137. The van der Waals surface area contributed by atoms with Gasteiger partial charge in [-0.3, -0.25) is 9.35 Å². The number of esters is 1. The predicted molar refractivity (Wildman–Crippen MR) is 35.1 cm³/mol. The van der Waals surface area contributed by atoms with Crippen LogP contribution in [0.4, 0.5) is 0 Å². The van der Waals surface area contributed by atoms with E-state index in [4.69, 9.17) is 13.0 Å². The molecule has 0 saturated heterocycles.